The van der Waals surface area contributed by atoms with E-state index >= 15 is 0 Å². The molecule has 0 aliphatic heterocycles. The Balaban J connectivity index is 3.91. The van der Waals surface area contributed by atoms with Crippen LogP contribution in [0, 0.1) is 0 Å². The molecule has 0 spiro atoms. The molecule has 0 aromatic carbocycles. The predicted molar refractivity (Wildman–Crippen MR) is 175 cm³/mol. The molecule has 3 nitrogen and oxygen atoms in total. The molecule has 0 atom stereocenters. The van der Waals surface area contributed by atoms with Crippen molar-refractivity contribution in [2.24, 2.45) is 0 Å². The van der Waals surface area contributed by atoms with E-state index in [1.165, 1.54) is 127 Å². The van der Waals surface area contributed by atoms with Gasteiger partial charge in [0.2, 0.25) is 0 Å². The van der Waals surface area contributed by atoms with Crippen LogP contribution in [0.1, 0.15) is 116 Å². The first kappa shape index (κ1) is 37.5. The first-order chi connectivity index (χ1) is 17.5. The van der Waals surface area contributed by atoms with Crippen molar-refractivity contribution in [1.82, 2.24) is 0 Å². The first-order valence-corrected chi connectivity index (χ1v) is 25.9. The van der Waals surface area contributed by atoms with Crippen LogP contribution in [0.4, 0.5) is 0 Å². The van der Waals surface area contributed by atoms with Crippen molar-refractivity contribution in [3.8, 4) is 0 Å². The number of unbranched alkanes of at least 4 members (excludes halogenated alkanes) is 15. The Labute approximate surface area is 237 Å². The molecule has 0 unspecified atom stereocenters. The molecule has 0 radical (unpaired) electrons. The van der Waals surface area contributed by atoms with Crippen molar-refractivity contribution in [2.45, 2.75) is 173 Å². The maximum Gasteiger partial charge on any atom is 0.173 e. The quantitative estimate of drug-likeness (QED) is 0.0687. The zero-order valence-corrected chi connectivity index (χ0v) is 30.0. The second-order valence-corrected chi connectivity index (χ2v) is 28.3. The monoisotopic (exact) mass is 574 g/mol. The molecule has 37 heavy (non-hydrogen) atoms. The Kier molecular flexibility index (Phi) is 23.6. The molecule has 224 valence electrons. The molecule has 6 heteroatoms. The fourth-order valence-electron chi connectivity index (χ4n) is 6.12. The van der Waals surface area contributed by atoms with Gasteiger partial charge in [-0.15, -0.1) is 0 Å². The van der Waals surface area contributed by atoms with E-state index in [1.54, 1.807) is 7.11 Å². The Bertz CT molecular complexity index is 456. The molecule has 0 amide bonds. The van der Waals surface area contributed by atoms with Gasteiger partial charge in [0.25, 0.3) is 0 Å². The molecular weight excluding hydrogens is 505 g/mol. The Morgan fingerprint density at radius 1 is 0.459 bits per heavy atom. The van der Waals surface area contributed by atoms with Crippen molar-refractivity contribution >= 4 is 24.7 Å². The van der Waals surface area contributed by atoms with Crippen molar-refractivity contribution in [2.75, 3.05) is 26.9 Å². The van der Waals surface area contributed by atoms with Gasteiger partial charge in [-0.1, -0.05) is 115 Å². The Hall–Kier alpha value is 0.531. The van der Waals surface area contributed by atoms with E-state index in [1.807, 2.05) is 0 Å². The molecule has 0 aliphatic rings. The lowest BCUT2D eigenvalue weighted by molar-refractivity contribution is 0.143. The molecule has 0 saturated carbocycles. The van der Waals surface area contributed by atoms with E-state index in [4.69, 9.17) is 13.6 Å². The largest absolute Gasteiger partial charge is 0.456 e. The van der Waals surface area contributed by atoms with Gasteiger partial charge in [0.15, 0.2) is 16.6 Å². The third kappa shape index (κ3) is 26.5. The average Bonchev–Trinajstić information content (AvgIpc) is 2.79. The second kappa shape index (κ2) is 23.3. The van der Waals surface area contributed by atoms with Gasteiger partial charge in [-0.3, -0.25) is 0 Å². The Morgan fingerprint density at radius 3 is 1.32 bits per heavy atom. The lowest BCUT2D eigenvalue weighted by atomic mass is 10.1. The van der Waals surface area contributed by atoms with E-state index in [0.29, 0.717) is 0 Å². The number of rotatable bonds is 28. The summed E-state index contributed by atoms with van der Waals surface area (Å²) in [7, 11) is -2.46. The SMILES string of the molecule is CCOCCCCCCCCCC[Si](C)(C)O[Si](C)(C)C[Si](C)(C)CCCCCCCCCCCOC. The highest BCUT2D eigenvalue weighted by Gasteiger charge is 2.37. The van der Waals surface area contributed by atoms with E-state index in [-0.39, 0.29) is 0 Å². The maximum atomic E-state index is 7.05. The highest BCUT2D eigenvalue weighted by atomic mass is 28.4. The molecule has 0 aromatic rings. The minimum Gasteiger partial charge on any atom is -0.456 e. The van der Waals surface area contributed by atoms with Crippen LogP contribution in [0.5, 0.6) is 0 Å². The van der Waals surface area contributed by atoms with Crippen LogP contribution in [0.15, 0.2) is 0 Å². The van der Waals surface area contributed by atoms with Crippen LogP contribution in [-0.4, -0.2) is 51.6 Å². The van der Waals surface area contributed by atoms with Crippen LogP contribution < -0.4 is 0 Å². The van der Waals surface area contributed by atoms with Gasteiger partial charge >= 0.3 is 0 Å². The molecule has 0 fully saturated rings. The fraction of sp³-hybridized carbons (Fsp3) is 1.00. The lowest BCUT2D eigenvalue weighted by Crippen LogP contribution is -2.49. The van der Waals surface area contributed by atoms with Crippen LogP contribution in [0.3, 0.4) is 0 Å². The highest BCUT2D eigenvalue weighted by molar-refractivity contribution is 6.96. The number of methoxy groups -OCH3 is 1. The van der Waals surface area contributed by atoms with Crippen LogP contribution in [-0.2, 0) is 13.6 Å². The van der Waals surface area contributed by atoms with Crippen LogP contribution in [0.25, 0.3) is 0 Å². The summed E-state index contributed by atoms with van der Waals surface area (Å²) in [5.74, 6) is 0. The lowest BCUT2D eigenvalue weighted by Gasteiger charge is -2.38. The van der Waals surface area contributed by atoms with Crippen LogP contribution >= 0.6 is 0 Å². The molecule has 0 bridgehead atoms. The maximum absolute atomic E-state index is 7.05. The zero-order chi connectivity index (χ0) is 27.9. The average molecular weight is 575 g/mol. The summed E-state index contributed by atoms with van der Waals surface area (Å²) in [4.78, 5) is 0. The summed E-state index contributed by atoms with van der Waals surface area (Å²) >= 11 is 0. The van der Waals surface area contributed by atoms with E-state index in [0.717, 1.165) is 19.8 Å². The molecule has 0 heterocycles. The van der Waals surface area contributed by atoms with Crippen molar-refractivity contribution < 1.29 is 13.6 Å². The minimum atomic E-state index is -1.57. The second-order valence-electron chi connectivity index (χ2n) is 13.7. The van der Waals surface area contributed by atoms with Crippen molar-refractivity contribution in [1.29, 1.82) is 0 Å². The highest BCUT2D eigenvalue weighted by Crippen LogP contribution is 2.30. The van der Waals surface area contributed by atoms with E-state index in [9.17, 15) is 0 Å². The normalized spacial score (nSPS) is 13.0. The van der Waals surface area contributed by atoms with Gasteiger partial charge < -0.3 is 13.6 Å². The molecule has 0 aromatic heterocycles. The zero-order valence-electron chi connectivity index (χ0n) is 27.0. The molecule has 0 N–H and O–H groups in total. The smallest absolute Gasteiger partial charge is 0.173 e. The Morgan fingerprint density at radius 2 is 0.865 bits per heavy atom. The van der Waals surface area contributed by atoms with E-state index in [2.05, 4.69) is 46.2 Å². The van der Waals surface area contributed by atoms with Gasteiger partial charge in [-0.25, -0.2) is 0 Å². The summed E-state index contributed by atoms with van der Waals surface area (Å²) in [5, 5.41) is 0. The summed E-state index contributed by atoms with van der Waals surface area (Å²) in [6, 6.07) is 2.85. The van der Waals surface area contributed by atoms with E-state index < -0.39 is 24.7 Å². The number of hydrogen-bond acceptors (Lipinski definition) is 3. The summed E-state index contributed by atoms with van der Waals surface area (Å²) in [5.41, 5.74) is 1.45. The first-order valence-electron chi connectivity index (χ1n) is 16.3. The summed E-state index contributed by atoms with van der Waals surface area (Å²) in [6.45, 7) is 20.1. The summed E-state index contributed by atoms with van der Waals surface area (Å²) < 4.78 is 17.6. The molecule has 0 rings (SSSR count). The van der Waals surface area contributed by atoms with Gasteiger partial charge in [0.1, 0.15) is 0 Å². The summed E-state index contributed by atoms with van der Waals surface area (Å²) in [6.07, 6.45) is 23.5. The van der Waals surface area contributed by atoms with Gasteiger partial charge in [0.05, 0.1) is 0 Å². The molecule has 0 aliphatic carbocycles. The minimum absolute atomic E-state index is 0.861. The molecule has 0 saturated heterocycles. The fourth-order valence-corrected chi connectivity index (χ4v) is 25.7. The standard InChI is InChI=1S/C31H70O3Si3/c1-9-33-28-24-20-16-12-14-18-22-26-30-36(5,6)34-37(7,8)31-35(3,4)29-25-21-17-13-10-11-15-19-23-27-32-2/h9-31H2,1-8H3. The van der Waals surface area contributed by atoms with Gasteiger partial charge in [-0.2, -0.15) is 0 Å². The van der Waals surface area contributed by atoms with Crippen molar-refractivity contribution in [3.63, 3.8) is 0 Å². The van der Waals surface area contributed by atoms with Gasteiger partial charge in [0, 0.05) is 35.0 Å². The number of ether oxygens (including phenoxy) is 2. The van der Waals surface area contributed by atoms with Crippen LogP contribution in [0.2, 0.25) is 57.0 Å². The number of hydrogen-bond donors (Lipinski definition) is 0. The van der Waals surface area contributed by atoms with Crippen molar-refractivity contribution in [3.05, 3.63) is 0 Å². The predicted octanol–water partition coefficient (Wildman–Crippen LogP) is 11.0. The molecular formula is C31H70O3Si3. The third-order valence-corrected chi connectivity index (χ3v) is 22.6. The topological polar surface area (TPSA) is 27.7 Å². The third-order valence-electron chi connectivity index (χ3n) is 7.68. The van der Waals surface area contributed by atoms with Gasteiger partial charge in [-0.05, 0) is 57.7 Å².